The third kappa shape index (κ3) is 4.97. The Balaban J connectivity index is 1.46. The summed E-state index contributed by atoms with van der Waals surface area (Å²) in [5.41, 5.74) is 1.25. The van der Waals surface area contributed by atoms with Gasteiger partial charge in [-0.3, -0.25) is 0 Å². The number of nitrogens with zero attached hydrogens (tertiary/aromatic N) is 3. The van der Waals surface area contributed by atoms with Crippen LogP contribution in [0.4, 0.5) is 22.7 Å². The summed E-state index contributed by atoms with van der Waals surface area (Å²) >= 11 is 7.05. The van der Waals surface area contributed by atoms with Crippen molar-refractivity contribution in [3.63, 3.8) is 0 Å². The number of anilines is 1. The molecule has 0 atom stereocenters. The Kier molecular flexibility index (Phi) is 7.16. The lowest BCUT2D eigenvalue weighted by atomic mass is 10.1. The van der Waals surface area contributed by atoms with E-state index in [1.807, 2.05) is 4.90 Å². The fourth-order valence-corrected chi connectivity index (χ4v) is 7.28. The van der Waals surface area contributed by atoms with Crippen molar-refractivity contribution < 1.29 is 26.0 Å². The molecule has 13 heteroatoms. The fourth-order valence-electron chi connectivity index (χ4n) is 3.41. The van der Waals surface area contributed by atoms with Crippen LogP contribution in [0.25, 0.3) is 0 Å². The summed E-state index contributed by atoms with van der Waals surface area (Å²) in [4.78, 5) is 5.66. The molecule has 0 N–H and O–H groups in total. The maximum absolute atomic E-state index is 14.6. The molecule has 0 amide bonds. The Hall–Kier alpha value is -1.54. The summed E-state index contributed by atoms with van der Waals surface area (Å²) in [6.45, 7) is 0.709. The summed E-state index contributed by atoms with van der Waals surface area (Å²) in [6, 6.07) is 4.54. The smallest absolute Gasteiger partial charge is 0.247 e. The first-order valence-electron chi connectivity index (χ1n) is 9.54. The minimum atomic E-state index is -4.29. The van der Waals surface area contributed by atoms with Crippen LogP contribution in [0, 0.1) is 23.3 Å². The zero-order valence-corrected chi connectivity index (χ0v) is 21.5. The molecule has 0 bridgehead atoms. The van der Waals surface area contributed by atoms with Crippen LogP contribution < -0.4 is 4.90 Å². The number of hydrogen-bond donors (Lipinski definition) is 0. The molecule has 0 aliphatic carbocycles. The van der Waals surface area contributed by atoms with Crippen molar-refractivity contribution in [3.8, 4) is 0 Å². The lowest BCUT2D eigenvalue weighted by molar-refractivity contribution is 0.381. The molecule has 0 radical (unpaired) electrons. The quantitative estimate of drug-likeness (QED) is 0.283. The fraction of sp³-hybridized carbons (Fsp3) is 0.250. The molecular formula is C20H15Br2F4N3O2S2. The Labute approximate surface area is 208 Å². The molecule has 0 saturated carbocycles. The Morgan fingerprint density at radius 3 is 2.33 bits per heavy atom. The molecule has 0 spiro atoms. The van der Waals surface area contributed by atoms with Crippen molar-refractivity contribution in [2.24, 2.45) is 0 Å². The average molecular weight is 629 g/mol. The van der Waals surface area contributed by atoms with Gasteiger partial charge in [-0.25, -0.2) is 31.0 Å². The van der Waals surface area contributed by atoms with Gasteiger partial charge in [-0.1, -0.05) is 6.07 Å². The summed E-state index contributed by atoms with van der Waals surface area (Å²) in [5.74, 6) is -3.79. The largest absolute Gasteiger partial charge is 0.345 e. The standard InChI is InChI=1S/C20H15Br2F4N3O2S2/c21-13-9-16(25)17(22)19(18(13)26)33(30,31)29-5-3-28(4-6-29)20-27-12(10-32-20)7-11-1-2-14(23)15(24)8-11/h1-2,8-10H,3-7H2. The third-order valence-corrected chi connectivity index (χ3v) is 9.60. The van der Waals surface area contributed by atoms with Gasteiger partial charge in [0.05, 0.1) is 14.6 Å². The van der Waals surface area contributed by atoms with E-state index in [1.54, 1.807) is 5.38 Å². The number of rotatable bonds is 5. The van der Waals surface area contributed by atoms with Gasteiger partial charge in [-0.15, -0.1) is 11.3 Å². The number of piperazine rings is 1. The van der Waals surface area contributed by atoms with Crippen molar-refractivity contribution in [3.05, 3.63) is 73.1 Å². The first kappa shape index (κ1) is 24.6. The molecule has 1 aromatic heterocycles. The van der Waals surface area contributed by atoms with Crippen molar-refractivity contribution in [2.45, 2.75) is 11.3 Å². The van der Waals surface area contributed by atoms with Crippen LogP contribution in [-0.4, -0.2) is 43.9 Å². The van der Waals surface area contributed by atoms with Gasteiger partial charge in [0, 0.05) is 38.0 Å². The normalized spacial score (nSPS) is 15.3. The molecule has 1 fully saturated rings. The topological polar surface area (TPSA) is 53.5 Å². The number of sulfonamides is 1. The van der Waals surface area contributed by atoms with E-state index in [-0.39, 0.29) is 17.6 Å². The highest BCUT2D eigenvalue weighted by Gasteiger charge is 2.35. The maximum atomic E-state index is 14.6. The van der Waals surface area contributed by atoms with Crippen molar-refractivity contribution in [1.82, 2.24) is 9.29 Å². The number of halogens is 6. The number of aromatic nitrogens is 1. The van der Waals surface area contributed by atoms with E-state index in [0.717, 1.165) is 22.5 Å². The van der Waals surface area contributed by atoms with E-state index < -0.39 is 42.7 Å². The van der Waals surface area contributed by atoms with Gasteiger partial charge in [0.1, 0.15) is 10.7 Å². The molecule has 176 valence electrons. The van der Waals surface area contributed by atoms with E-state index in [0.29, 0.717) is 35.9 Å². The molecule has 2 aromatic carbocycles. The van der Waals surface area contributed by atoms with Gasteiger partial charge in [0.2, 0.25) is 10.0 Å². The first-order valence-corrected chi connectivity index (χ1v) is 13.4. The molecule has 2 heterocycles. The summed E-state index contributed by atoms with van der Waals surface area (Å²) in [6.07, 6.45) is 0.323. The Morgan fingerprint density at radius 1 is 0.970 bits per heavy atom. The molecule has 1 aliphatic heterocycles. The Morgan fingerprint density at radius 2 is 1.67 bits per heavy atom. The highest BCUT2D eigenvalue weighted by Crippen LogP contribution is 2.35. The number of thiazole rings is 1. The predicted molar refractivity (Wildman–Crippen MR) is 124 cm³/mol. The van der Waals surface area contributed by atoms with Gasteiger partial charge in [-0.2, -0.15) is 4.31 Å². The lowest BCUT2D eigenvalue weighted by Crippen LogP contribution is -2.49. The van der Waals surface area contributed by atoms with Gasteiger partial charge in [0.15, 0.2) is 22.6 Å². The number of benzene rings is 2. The van der Waals surface area contributed by atoms with E-state index >= 15 is 0 Å². The number of hydrogen-bond acceptors (Lipinski definition) is 5. The third-order valence-electron chi connectivity index (χ3n) is 5.09. The maximum Gasteiger partial charge on any atom is 0.247 e. The molecule has 4 rings (SSSR count). The Bertz CT molecular complexity index is 1290. The van der Waals surface area contributed by atoms with Crippen LogP contribution in [0.5, 0.6) is 0 Å². The van der Waals surface area contributed by atoms with E-state index in [4.69, 9.17) is 0 Å². The van der Waals surface area contributed by atoms with Crippen molar-refractivity contribution in [1.29, 1.82) is 0 Å². The molecule has 0 unspecified atom stereocenters. The second-order valence-corrected chi connectivity index (χ2v) is 11.6. The summed E-state index contributed by atoms with van der Waals surface area (Å²) < 4.78 is 81.5. The van der Waals surface area contributed by atoms with Gasteiger partial charge in [-0.05, 0) is 55.6 Å². The van der Waals surface area contributed by atoms with Gasteiger partial charge < -0.3 is 4.90 Å². The molecular weight excluding hydrogens is 614 g/mol. The van der Waals surface area contributed by atoms with E-state index in [1.165, 1.54) is 17.4 Å². The average Bonchev–Trinajstić information content (AvgIpc) is 3.23. The van der Waals surface area contributed by atoms with Crippen LogP contribution in [0.2, 0.25) is 0 Å². The molecule has 3 aromatic rings. The van der Waals surface area contributed by atoms with Crippen molar-refractivity contribution in [2.75, 3.05) is 31.1 Å². The molecule has 1 saturated heterocycles. The summed E-state index contributed by atoms with van der Waals surface area (Å²) in [5, 5.41) is 2.46. The van der Waals surface area contributed by atoms with Gasteiger partial charge in [0.25, 0.3) is 0 Å². The SMILES string of the molecule is O=S(=O)(c1c(F)c(Br)cc(F)c1Br)N1CCN(c2nc(Cc3ccc(F)c(F)c3)cs2)CC1. The highest BCUT2D eigenvalue weighted by molar-refractivity contribution is 9.11. The monoisotopic (exact) mass is 627 g/mol. The predicted octanol–water partition coefficient (Wildman–Crippen LogP) is 5.33. The van der Waals surface area contributed by atoms with Crippen LogP contribution in [0.15, 0.2) is 43.5 Å². The van der Waals surface area contributed by atoms with Gasteiger partial charge >= 0.3 is 0 Å². The highest BCUT2D eigenvalue weighted by atomic mass is 79.9. The minimum absolute atomic E-state index is 0.0560. The van der Waals surface area contributed by atoms with Crippen LogP contribution in [0.3, 0.4) is 0 Å². The lowest BCUT2D eigenvalue weighted by Gasteiger charge is -2.34. The van der Waals surface area contributed by atoms with Crippen LogP contribution in [0.1, 0.15) is 11.3 Å². The second-order valence-electron chi connectivity index (χ2n) is 7.24. The van der Waals surface area contributed by atoms with Crippen LogP contribution in [-0.2, 0) is 16.4 Å². The van der Waals surface area contributed by atoms with E-state index in [9.17, 15) is 26.0 Å². The zero-order valence-electron chi connectivity index (χ0n) is 16.7. The van der Waals surface area contributed by atoms with Crippen LogP contribution >= 0.6 is 43.2 Å². The molecule has 1 aliphatic rings. The minimum Gasteiger partial charge on any atom is -0.345 e. The summed E-state index contributed by atoms with van der Waals surface area (Å²) in [7, 11) is -4.29. The van der Waals surface area contributed by atoms with E-state index in [2.05, 4.69) is 36.8 Å². The second kappa shape index (κ2) is 9.61. The molecule has 33 heavy (non-hydrogen) atoms. The first-order chi connectivity index (χ1) is 15.6. The zero-order chi connectivity index (χ0) is 23.9. The van der Waals surface area contributed by atoms with Crippen molar-refractivity contribution >= 4 is 58.4 Å². The molecule has 5 nitrogen and oxygen atoms in total.